The molecule has 0 atom stereocenters. The van der Waals surface area contributed by atoms with Gasteiger partial charge in [0.15, 0.2) is 0 Å². The lowest BCUT2D eigenvalue weighted by molar-refractivity contribution is 0.414. The molecule has 0 saturated heterocycles. The van der Waals surface area contributed by atoms with Crippen molar-refractivity contribution < 1.29 is 4.74 Å². The Morgan fingerprint density at radius 3 is 2.82 bits per heavy atom. The molecule has 0 spiro atoms. The molecule has 0 bridgehead atoms. The van der Waals surface area contributed by atoms with Crippen LogP contribution in [0.25, 0.3) is 0 Å². The molecule has 0 saturated carbocycles. The Hall–Kier alpha value is -1.49. The fourth-order valence-corrected chi connectivity index (χ4v) is 2.03. The Morgan fingerprint density at radius 2 is 2.24 bits per heavy atom. The number of methoxy groups -OCH3 is 1. The van der Waals surface area contributed by atoms with Crippen LogP contribution in [0.3, 0.4) is 0 Å². The Labute approximate surface area is 109 Å². The van der Waals surface area contributed by atoms with E-state index in [1.54, 1.807) is 13.3 Å². The van der Waals surface area contributed by atoms with Crippen LogP contribution >= 0.6 is 15.9 Å². The molecular weight excluding hydrogens is 282 g/mol. The minimum absolute atomic E-state index is 0.525. The smallest absolute Gasteiger partial charge is 0.200 e. The van der Waals surface area contributed by atoms with Gasteiger partial charge in [-0.05, 0) is 30.7 Å². The SMILES string of the molecule is COc1ccc(Br)c(Cn2c(C)cnc2N)c1. The minimum atomic E-state index is 0.525. The van der Waals surface area contributed by atoms with Crippen LogP contribution in [0.4, 0.5) is 5.95 Å². The quantitative estimate of drug-likeness (QED) is 0.947. The summed E-state index contributed by atoms with van der Waals surface area (Å²) in [6.45, 7) is 2.66. The van der Waals surface area contributed by atoms with E-state index >= 15 is 0 Å². The number of hydrogen-bond donors (Lipinski definition) is 1. The fraction of sp³-hybridized carbons (Fsp3) is 0.250. The van der Waals surface area contributed by atoms with Gasteiger partial charge in [-0.1, -0.05) is 15.9 Å². The maximum atomic E-state index is 5.82. The van der Waals surface area contributed by atoms with E-state index in [1.165, 1.54) is 0 Å². The first-order chi connectivity index (χ1) is 8.11. The van der Waals surface area contributed by atoms with E-state index < -0.39 is 0 Å². The van der Waals surface area contributed by atoms with Gasteiger partial charge in [-0.15, -0.1) is 0 Å². The molecule has 0 amide bonds. The zero-order valence-electron chi connectivity index (χ0n) is 9.77. The summed E-state index contributed by atoms with van der Waals surface area (Å²) in [5.41, 5.74) is 7.96. The number of aromatic nitrogens is 2. The summed E-state index contributed by atoms with van der Waals surface area (Å²) in [5, 5.41) is 0. The number of nitrogen functional groups attached to an aromatic ring is 1. The van der Waals surface area contributed by atoms with Crippen molar-refractivity contribution >= 4 is 21.9 Å². The molecule has 90 valence electrons. The highest BCUT2D eigenvalue weighted by Gasteiger charge is 2.07. The van der Waals surface area contributed by atoms with Crippen molar-refractivity contribution in [3.05, 3.63) is 40.1 Å². The lowest BCUT2D eigenvalue weighted by Crippen LogP contribution is -2.06. The first-order valence-corrected chi connectivity index (χ1v) is 6.01. The summed E-state index contributed by atoms with van der Waals surface area (Å²) in [7, 11) is 1.66. The Balaban J connectivity index is 2.35. The highest BCUT2D eigenvalue weighted by atomic mass is 79.9. The second-order valence-electron chi connectivity index (χ2n) is 3.80. The van der Waals surface area contributed by atoms with Gasteiger partial charge < -0.3 is 15.0 Å². The summed E-state index contributed by atoms with van der Waals surface area (Å²) in [4.78, 5) is 4.08. The van der Waals surface area contributed by atoms with Crippen molar-refractivity contribution in [1.82, 2.24) is 9.55 Å². The van der Waals surface area contributed by atoms with Gasteiger partial charge in [-0.3, -0.25) is 0 Å². The second kappa shape index (κ2) is 4.79. The average Bonchev–Trinajstić information content (AvgIpc) is 2.63. The number of rotatable bonds is 3. The number of nitrogens with zero attached hydrogens (tertiary/aromatic N) is 2. The molecule has 2 rings (SSSR count). The van der Waals surface area contributed by atoms with Crippen molar-refractivity contribution in [2.45, 2.75) is 13.5 Å². The number of ether oxygens (including phenoxy) is 1. The molecule has 0 fully saturated rings. The topological polar surface area (TPSA) is 53.1 Å². The van der Waals surface area contributed by atoms with Crippen molar-refractivity contribution in [3.63, 3.8) is 0 Å². The molecule has 1 aromatic heterocycles. The number of halogens is 1. The van der Waals surface area contributed by atoms with Gasteiger partial charge in [0.05, 0.1) is 19.9 Å². The number of aryl methyl sites for hydroxylation is 1. The molecule has 0 aliphatic heterocycles. The van der Waals surface area contributed by atoms with Gasteiger partial charge >= 0.3 is 0 Å². The molecule has 0 radical (unpaired) electrons. The highest BCUT2D eigenvalue weighted by molar-refractivity contribution is 9.10. The number of anilines is 1. The molecule has 0 aliphatic rings. The zero-order valence-corrected chi connectivity index (χ0v) is 11.4. The van der Waals surface area contributed by atoms with Crippen LogP contribution in [0.2, 0.25) is 0 Å². The monoisotopic (exact) mass is 295 g/mol. The third-order valence-corrected chi connectivity index (χ3v) is 3.44. The van der Waals surface area contributed by atoms with Crippen LogP contribution in [0, 0.1) is 6.92 Å². The summed E-state index contributed by atoms with van der Waals surface area (Å²) in [6.07, 6.45) is 1.77. The summed E-state index contributed by atoms with van der Waals surface area (Å²) < 4.78 is 8.20. The summed E-state index contributed by atoms with van der Waals surface area (Å²) >= 11 is 3.52. The van der Waals surface area contributed by atoms with E-state index in [4.69, 9.17) is 10.5 Å². The lowest BCUT2D eigenvalue weighted by atomic mass is 10.2. The minimum Gasteiger partial charge on any atom is -0.497 e. The molecule has 2 aromatic rings. The van der Waals surface area contributed by atoms with Crippen molar-refractivity contribution in [1.29, 1.82) is 0 Å². The van der Waals surface area contributed by atoms with Crippen LogP contribution in [0.15, 0.2) is 28.9 Å². The van der Waals surface area contributed by atoms with Crippen molar-refractivity contribution in [2.75, 3.05) is 12.8 Å². The summed E-state index contributed by atoms with van der Waals surface area (Å²) in [6, 6.07) is 5.87. The van der Waals surface area contributed by atoms with Crippen LogP contribution in [-0.2, 0) is 6.54 Å². The Morgan fingerprint density at radius 1 is 1.47 bits per heavy atom. The van der Waals surface area contributed by atoms with Gasteiger partial charge in [0.1, 0.15) is 5.75 Å². The van der Waals surface area contributed by atoms with Gasteiger partial charge in [0.2, 0.25) is 5.95 Å². The normalized spacial score (nSPS) is 10.5. The predicted octanol–water partition coefficient (Wildman–Crippen LogP) is 2.59. The molecule has 4 nitrogen and oxygen atoms in total. The maximum absolute atomic E-state index is 5.82. The van der Waals surface area contributed by atoms with Crippen molar-refractivity contribution in [3.8, 4) is 5.75 Å². The number of nitrogens with two attached hydrogens (primary N) is 1. The molecule has 1 aromatic carbocycles. The largest absolute Gasteiger partial charge is 0.497 e. The van der Waals surface area contributed by atoms with Crippen LogP contribution in [0.1, 0.15) is 11.3 Å². The van der Waals surface area contributed by atoms with E-state index in [0.717, 1.165) is 21.5 Å². The predicted molar refractivity (Wildman–Crippen MR) is 71.2 cm³/mol. The van der Waals surface area contributed by atoms with E-state index in [0.29, 0.717) is 12.5 Å². The maximum Gasteiger partial charge on any atom is 0.200 e. The Kier molecular flexibility index (Phi) is 3.38. The van der Waals surface area contributed by atoms with Crippen molar-refractivity contribution in [2.24, 2.45) is 0 Å². The standard InChI is InChI=1S/C12H14BrN3O/c1-8-6-15-12(14)16(8)7-9-5-10(17-2)3-4-11(9)13/h3-6H,7H2,1-2H3,(H2,14,15). The number of benzene rings is 1. The fourth-order valence-electron chi connectivity index (χ4n) is 1.65. The molecule has 0 unspecified atom stereocenters. The lowest BCUT2D eigenvalue weighted by Gasteiger charge is -2.10. The molecule has 5 heteroatoms. The van der Waals surface area contributed by atoms with Crippen LogP contribution in [0.5, 0.6) is 5.75 Å². The van der Waals surface area contributed by atoms with E-state index in [2.05, 4.69) is 20.9 Å². The van der Waals surface area contributed by atoms with Gasteiger partial charge in [-0.2, -0.15) is 0 Å². The van der Waals surface area contributed by atoms with Gasteiger partial charge in [0, 0.05) is 10.2 Å². The number of imidazole rings is 1. The van der Waals surface area contributed by atoms with Gasteiger partial charge in [-0.25, -0.2) is 4.98 Å². The van der Waals surface area contributed by atoms with Gasteiger partial charge in [0.25, 0.3) is 0 Å². The third-order valence-electron chi connectivity index (χ3n) is 2.67. The average molecular weight is 296 g/mol. The van der Waals surface area contributed by atoms with E-state index in [9.17, 15) is 0 Å². The molecule has 17 heavy (non-hydrogen) atoms. The van der Waals surface area contributed by atoms with Crippen LogP contribution in [-0.4, -0.2) is 16.7 Å². The molecule has 1 heterocycles. The third kappa shape index (κ3) is 2.44. The molecule has 0 aliphatic carbocycles. The molecule has 2 N–H and O–H groups in total. The second-order valence-corrected chi connectivity index (χ2v) is 4.66. The Bertz CT molecular complexity index is 517. The summed E-state index contributed by atoms with van der Waals surface area (Å²) in [5.74, 6) is 1.36. The zero-order chi connectivity index (χ0) is 12.4. The van der Waals surface area contributed by atoms with E-state index in [-0.39, 0.29) is 0 Å². The van der Waals surface area contributed by atoms with E-state index in [1.807, 2.05) is 29.7 Å². The number of hydrogen-bond acceptors (Lipinski definition) is 3. The molecular formula is C12H14BrN3O. The first kappa shape index (κ1) is 12.0. The highest BCUT2D eigenvalue weighted by Crippen LogP contribution is 2.24. The van der Waals surface area contributed by atoms with Crippen LogP contribution < -0.4 is 10.5 Å². The first-order valence-electron chi connectivity index (χ1n) is 5.22.